The molecule has 4 rings (SSSR count). The maximum absolute atomic E-state index is 12.6. The van der Waals surface area contributed by atoms with Crippen molar-refractivity contribution >= 4 is 17.7 Å². The van der Waals surface area contributed by atoms with Crippen LogP contribution in [-0.2, 0) is 16.1 Å². The van der Waals surface area contributed by atoms with Crippen LogP contribution in [0.15, 0.2) is 18.2 Å². The molecule has 1 N–H and O–H groups in total. The topological polar surface area (TPSA) is 75.7 Å². The van der Waals surface area contributed by atoms with Crippen LogP contribution >= 0.6 is 0 Å². The van der Waals surface area contributed by atoms with Crippen LogP contribution in [0, 0.1) is 0 Å². The van der Waals surface area contributed by atoms with Crippen molar-refractivity contribution in [2.75, 3.05) is 0 Å². The first kappa shape index (κ1) is 16.1. The Kier molecular flexibility index (Phi) is 4.19. The second-order valence-electron chi connectivity index (χ2n) is 7.10. The average molecular weight is 342 g/mol. The summed E-state index contributed by atoms with van der Waals surface area (Å²) in [5.74, 6) is 0.00181. The molecule has 3 amide bonds. The van der Waals surface area contributed by atoms with Crippen LogP contribution in [-0.4, -0.2) is 34.8 Å². The highest BCUT2D eigenvalue weighted by Gasteiger charge is 2.39. The molecule has 0 radical (unpaired) electrons. The number of hydrogen-bond donors (Lipinski definition) is 1. The molecular weight excluding hydrogens is 320 g/mol. The van der Waals surface area contributed by atoms with E-state index >= 15 is 0 Å². The standard InChI is InChI=1S/C19H22N2O4/c22-17-9-8-16(18(23)20-17)21-11-12-10-14(6-7-15(12)19(21)24)25-13-4-2-1-3-5-13/h6-7,10,13,16H,1-5,8-9,11H2,(H,20,22,23). The fourth-order valence-electron chi connectivity index (χ4n) is 4.00. The molecule has 0 aromatic heterocycles. The molecule has 2 fully saturated rings. The first-order chi connectivity index (χ1) is 12.1. The second kappa shape index (κ2) is 6.50. The summed E-state index contributed by atoms with van der Waals surface area (Å²) in [5.41, 5.74) is 1.52. The van der Waals surface area contributed by atoms with Crippen LogP contribution in [0.25, 0.3) is 0 Å². The number of nitrogens with zero attached hydrogens (tertiary/aromatic N) is 1. The number of fused-ring (bicyclic) bond motifs is 1. The van der Waals surface area contributed by atoms with E-state index in [1.165, 1.54) is 19.3 Å². The Balaban J connectivity index is 1.49. The van der Waals surface area contributed by atoms with Gasteiger partial charge in [0.2, 0.25) is 11.8 Å². The average Bonchev–Trinajstić information content (AvgIpc) is 2.92. The molecule has 0 spiro atoms. The van der Waals surface area contributed by atoms with E-state index in [1.54, 1.807) is 11.0 Å². The van der Waals surface area contributed by atoms with Gasteiger partial charge in [-0.15, -0.1) is 0 Å². The van der Waals surface area contributed by atoms with Crippen LogP contribution in [0.4, 0.5) is 0 Å². The molecule has 25 heavy (non-hydrogen) atoms. The van der Waals surface area contributed by atoms with Crippen molar-refractivity contribution in [2.45, 2.75) is 63.6 Å². The molecule has 6 nitrogen and oxygen atoms in total. The van der Waals surface area contributed by atoms with Crippen molar-refractivity contribution in [1.82, 2.24) is 10.2 Å². The van der Waals surface area contributed by atoms with Gasteiger partial charge in [-0.05, 0) is 55.9 Å². The van der Waals surface area contributed by atoms with E-state index in [4.69, 9.17) is 4.74 Å². The van der Waals surface area contributed by atoms with Crippen molar-refractivity contribution in [3.05, 3.63) is 29.3 Å². The van der Waals surface area contributed by atoms with Gasteiger partial charge in [0, 0.05) is 18.5 Å². The minimum atomic E-state index is -0.569. The van der Waals surface area contributed by atoms with E-state index in [2.05, 4.69) is 5.32 Å². The molecule has 0 bridgehead atoms. The van der Waals surface area contributed by atoms with E-state index in [1.807, 2.05) is 12.1 Å². The summed E-state index contributed by atoms with van der Waals surface area (Å²) in [6, 6.07) is 5.00. The SMILES string of the molecule is O=C1CCC(N2Cc3cc(OC4CCCCC4)ccc3C2=O)C(=O)N1. The number of hydrogen-bond acceptors (Lipinski definition) is 4. The maximum Gasteiger partial charge on any atom is 0.255 e. The quantitative estimate of drug-likeness (QED) is 0.854. The van der Waals surface area contributed by atoms with E-state index in [-0.39, 0.29) is 30.2 Å². The van der Waals surface area contributed by atoms with Crippen molar-refractivity contribution in [1.29, 1.82) is 0 Å². The summed E-state index contributed by atoms with van der Waals surface area (Å²) in [7, 11) is 0. The Morgan fingerprint density at radius 1 is 1.04 bits per heavy atom. The summed E-state index contributed by atoms with van der Waals surface area (Å²) in [6.07, 6.45) is 6.77. The highest BCUT2D eigenvalue weighted by molar-refractivity contribution is 6.05. The third kappa shape index (κ3) is 3.13. The lowest BCUT2D eigenvalue weighted by atomic mass is 9.98. The molecule has 1 aliphatic carbocycles. The van der Waals surface area contributed by atoms with Crippen LogP contribution < -0.4 is 10.1 Å². The molecule has 1 aromatic rings. The number of amides is 3. The fraction of sp³-hybridized carbons (Fsp3) is 0.526. The van der Waals surface area contributed by atoms with Gasteiger partial charge in [0.15, 0.2) is 0 Å². The minimum absolute atomic E-state index is 0.145. The van der Waals surface area contributed by atoms with Crippen molar-refractivity contribution < 1.29 is 19.1 Å². The zero-order chi connectivity index (χ0) is 17.4. The number of piperidine rings is 1. The van der Waals surface area contributed by atoms with Gasteiger partial charge in [0.25, 0.3) is 5.91 Å². The summed E-state index contributed by atoms with van der Waals surface area (Å²) in [4.78, 5) is 37.6. The number of carbonyl (C=O) groups excluding carboxylic acids is 3. The second-order valence-corrected chi connectivity index (χ2v) is 7.10. The number of imide groups is 1. The molecule has 1 saturated heterocycles. The molecule has 1 aromatic carbocycles. The molecule has 3 aliphatic rings. The molecule has 1 saturated carbocycles. The number of carbonyl (C=O) groups is 3. The van der Waals surface area contributed by atoms with Crippen LogP contribution in [0.2, 0.25) is 0 Å². The smallest absolute Gasteiger partial charge is 0.255 e. The van der Waals surface area contributed by atoms with E-state index < -0.39 is 6.04 Å². The minimum Gasteiger partial charge on any atom is -0.490 e. The monoisotopic (exact) mass is 342 g/mol. The summed E-state index contributed by atoms with van der Waals surface area (Å²) in [5, 5.41) is 2.32. The van der Waals surface area contributed by atoms with Gasteiger partial charge < -0.3 is 9.64 Å². The number of rotatable bonds is 3. The normalized spacial score (nSPS) is 24.2. The largest absolute Gasteiger partial charge is 0.490 e. The zero-order valence-electron chi connectivity index (χ0n) is 14.1. The zero-order valence-corrected chi connectivity index (χ0v) is 14.1. The Bertz CT molecular complexity index is 724. The lowest BCUT2D eigenvalue weighted by molar-refractivity contribution is -0.136. The van der Waals surface area contributed by atoms with Gasteiger partial charge in [-0.1, -0.05) is 6.42 Å². The molecular formula is C19H22N2O4. The van der Waals surface area contributed by atoms with Crippen molar-refractivity contribution in [3.63, 3.8) is 0 Å². The lowest BCUT2D eigenvalue weighted by Crippen LogP contribution is -2.52. The van der Waals surface area contributed by atoms with Crippen molar-refractivity contribution in [3.8, 4) is 5.75 Å². The van der Waals surface area contributed by atoms with E-state index in [9.17, 15) is 14.4 Å². The third-order valence-electron chi connectivity index (χ3n) is 5.35. The van der Waals surface area contributed by atoms with E-state index in [0.717, 1.165) is 24.2 Å². The molecule has 2 aliphatic heterocycles. The van der Waals surface area contributed by atoms with Gasteiger partial charge in [-0.3, -0.25) is 19.7 Å². The number of nitrogens with one attached hydrogen (secondary N) is 1. The summed E-state index contributed by atoms with van der Waals surface area (Å²) in [6.45, 7) is 0.391. The third-order valence-corrected chi connectivity index (χ3v) is 5.35. The van der Waals surface area contributed by atoms with E-state index in [0.29, 0.717) is 18.5 Å². The number of ether oxygens (including phenoxy) is 1. The highest BCUT2D eigenvalue weighted by atomic mass is 16.5. The lowest BCUT2D eigenvalue weighted by Gasteiger charge is -2.29. The molecule has 132 valence electrons. The first-order valence-electron chi connectivity index (χ1n) is 9.06. The Hall–Kier alpha value is -2.37. The van der Waals surface area contributed by atoms with Crippen LogP contribution in [0.3, 0.4) is 0 Å². The Labute approximate surface area is 146 Å². The fourth-order valence-corrected chi connectivity index (χ4v) is 4.00. The summed E-state index contributed by atoms with van der Waals surface area (Å²) >= 11 is 0. The van der Waals surface area contributed by atoms with Gasteiger partial charge in [-0.25, -0.2) is 0 Å². The highest BCUT2D eigenvalue weighted by Crippen LogP contribution is 2.31. The Morgan fingerprint density at radius 2 is 1.84 bits per heavy atom. The maximum atomic E-state index is 12.6. The summed E-state index contributed by atoms with van der Waals surface area (Å²) < 4.78 is 6.08. The molecule has 1 unspecified atom stereocenters. The van der Waals surface area contributed by atoms with Crippen molar-refractivity contribution in [2.24, 2.45) is 0 Å². The van der Waals surface area contributed by atoms with Gasteiger partial charge in [0.05, 0.1) is 6.10 Å². The van der Waals surface area contributed by atoms with Gasteiger partial charge in [-0.2, -0.15) is 0 Å². The van der Waals surface area contributed by atoms with Crippen LogP contribution in [0.5, 0.6) is 5.75 Å². The van der Waals surface area contributed by atoms with Gasteiger partial charge in [0.1, 0.15) is 11.8 Å². The predicted octanol–water partition coefficient (Wildman–Crippen LogP) is 2.16. The predicted molar refractivity (Wildman–Crippen MR) is 90.0 cm³/mol. The first-order valence-corrected chi connectivity index (χ1v) is 9.06. The Morgan fingerprint density at radius 3 is 2.60 bits per heavy atom. The molecule has 1 atom stereocenters. The molecule has 6 heteroatoms. The number of benzene rings is 1. The van der Waals surface area contributed by atoms with Crippen LogP contribution in [0.1, 0.15) is 60.9 Å². The van der Waals surface area contributed by atoms with Gasteiger partial charge >= 0.3 is 0 Å². The molecule has 2 heterocycles.